The SMILES string of the molecule is CCC1(c2ccccc2)NC(=O)N(Cc2cccc(C#N)c2)C1=O. The number of imide groups is 1. The van der Waals surface area contributed by atoms with Crippen LogP contribution in [0.2, 0.25) is 0 Å². The Kier molecular flexibility index (Phi) is 4.05. The van der Waals surface area contributed by atoms with E-state index >= 15 is 0 Å². The molecule has 2 aromatic rings. The van der Waals surface area contributed by atoms with Crippen LogP contribution in [-0.2, 0) is 16.9 Å². The zero-order valence-corrected chi connectivity index (χ0v) is 13.3. The van der Waals surface area contributed by atoms with Gasteiger partial charge in [-0.3, -0.25) is 9.69 Å². The average molecular weight is 319 g/mol. The van der Waals surface area contributed by atoms with E-state index in [1.54, 1.807) is 24.3 Å². The van der Waals surface area contributed by atoms with Gasteiger partial charge in [-0.1, -0.05) is 49.4 Å². The summed E-state index contributed by atoms with van der Waals surface area (Å²) in [6, 6.07) is 17.9. The van der Waals surface area contributed by atoms with E-state index in [9.17, 15) is 9.59 Å². The minimum atomic E-state index is -1.02. The van der Waals surface area contributed by atoms with Gasteiger partial charge in [-0.2, -0.15) is 5.26 Å². The highest BCUT2D eigenvalue weighted by Gasteiger charge is 2.50. The average Bonchev–Trinajstić information content (AvgIpc) is 2.88. The Morgan fingerprint density at radius 2 is 1.88 bits per heavy atom. The smallest absolute Gasteiger partial charge is 0.319 e. The van der Waals surface area contributed by atoms with Gasteiger partial charge in [-0.05, 0) is 29.7 Å². The molecule has 5 nitrogen and oxygen atoms in total. The van der Waals surface area contributed by atoms with Crippen molar-refractivity contribution in [2.45, 2.75) is 25.4 Å². The molecule has 5 heteroatoms. The lowest BCUT2D eigenvalue weighted by Crippen LogP contribution is -2.43. The fourth-order valence-electron chi connectivity index (χ4n) is 3.05. The lowest BCUT2D eigenvalue weighted by atomic mass is 9.87. The lowest BCUT2D eigenvalue weighted by Gasteiger charge is -2.25. The summed E-state index contributed by atoms with van der Waals surface area (Å²) in [5.41, 5.74) is 1.01. The second kappa shape index (κ2) is 6.17. The van der Waals surface area contributed by atoms with Gasteiger partial charge in [-0.15, -0.1) is 0 Å². The highest BCUT2D eigenvalue weighted by atomic mass is 16.2. The van der Waals surface area contributed by atoms with E-state index in [0.717, 1.165) is 11.1 Å². The van der Waals surface area contributed by atoms with Crippen molar-refractivity contribution in [1.82, 2.24) is 10.2 Å². The molecule has 0 spiro atoms. The Balaban J connectivity index is 1.92. The normalized spacial score (nSPS) is 19.9. The molecule has 0 bridgehead atoms. The monoisotopic (exact) mass is 319 g/mol. The zero-order chi connectivity index (χ0) is 17.2. The molecule has 0 radical (unpaired) electrons. The number of hydrogen-bond acceptors (Lipinski definition) is 3. The van der Waals surface area contributed by atoms with Gasteiger partial charge in [-0.25, -0.2) is 4.79 Å². The Labute approximate surface area is 140 Å². The molecule has 1 N–H and O–H groups in total. The first-order valence-electron chi connectivity index (χ1n) is 7.79. The molecule has 3 rings (SSSR count). The van der Waals surface area contributed by atoms with Gasteiger partial charge in [0.25, 0.3) is 5.91 Å². The summed E-state index contributed by atoms with van der Waals surface area (Å²) in [4.78, 5) is 26.6. The molecule has 1 aliphatic rings. The van der Waals surface area contributed by atoms with Crippen LogP contribution in [0.25, 0.3) is 0 Å². The number of benzene rings is 2. The lowest BCUT2D eigenvalue weighted by molar-refractivity contribution is -0.132. The Bertz CT molecular complexity index is 826. The van der Waals surface area contributed by atoms with E-state index in [1.165, 1.54) is 4.90 Å². The van der Waals surface area contributed by atoms with Gasteiger partial charge in [0.15, 0.2) is 0 Å². The fraction of sp³-hybridized carbons (Fsp3) is 0.211. The molecule has 2 aromatic carbocycles. The van der Waals surface area contributed by atoms with E-state index in [-0.39, 0.29) is 12.5 Å². The molecule has 1 heterocycles. The van der Waals surface area contributed by atoms with Gasteiger partial charge in [0.1, 0.15) is 5.54 Å². The van der Waals surface area contributed by atoms with Crippen LogP contribution in [0.4, 0.5) is 4.79 Å². The van der Waals surface area contributed by atoms with Gasteiger partial charge >= 0.3 is 6.03 Å². The second-order valence-electron chi connectivity index (χ2n) is 5.76. The minimum absolute atomic E-state index is 0.148. The maximum absolute atomic E-state index is 13.0. The summed E-state index contributed by atoms with van der Waals surface area (Å²) in [5.74, 6) is -0.261. The molecule has 1 saturated heterocycles. The van der Waals surface area contributed by atoms with Gasteiger partial charge in [0, 0.05) is 0 Å². The molecule has 1 unspecified atom stereocenters. The van der Waals surface area contributed by atoms with Crippen molar-refractivity contribution in [1.29, 1.82) is 5.26 Å². The van der Waals surface area contributed by atoms with Crippen LogP contribution in [0, 0.1) is 11.3 Å². The molecular formula is C19H17N3O2. The molecule has 120 valence electrons. The number of amides is 3. The van der Waals surface area contributed by atoms with Crippen LogP contribution < -0.4 is 5.32 Å². The number of hydrogen-bond donors (Lipinski definition) is 1. The van der Waals surface area contributed by atoms with Crippen molar-refractivity contribution >= 4 is 11.9 Å². The number of urea groups is 1. The Hall–Kier alpha value is -3.13. The van der Waals surface area contributed by atoms with Crippen LogP contribution in [0.3, 0.4) is 0 Å². The first-order valence-corrected chi connectivity index (χ1v) is 7.79. The highest BCUT2D eigenvalue weighted by molar-refractivity contribution is 6.07. The fourth-order valence-corrected chi connectivity index (χ4v) is 3.05. The standard InChI is InChI=1S/C19H17N3O2/c1-2-19(16-9-4-3-5-10-16)17(23)22(18(24)21-19)13-15-8-6-7-14(11-15)12-20/h3-11H,2,13H2,1H3,(H,21,24). The summed E-state index contributed by atoms with van der Waals surface area (Å²) < 4.78 is 0. The third-order valence-electron chi connectivity index (χ3n) is 4.37. The molecule has 3 amide bonds. The van der Waals surface area contributed by atoms with Crippen molar-refractivity contribution in [3.63, 3.8) is 0 Å². The van der Waals surface area contributed by atoms with E-state index < -0.39 is 11.6 Å². The zero-order valence-electron chi connectivity index (χ0n) is 13.3. The number of nitrogens with zero attached hydrogens (tertiary/aromatic N) is 2. The first kappa shape index (κ1) is 15.8. The summed E-state index contributed by atoms with van der Waals surface area (Å²) in [5, 5.41) is 11.8. The van der Waals surface area contributed by atoms with Crippen LogP contribution in [0.1, 0.15) is 30.0 Å². The molecule has 0 aromatic heterocycles. The van der Waals surface area contributed by atoms with Crippen molar-refractivity contribution in [3.8, 4) is 6.07 Å². The minimum Gasteiger partial charge on any atom is -0.319 e. The predicted octanol–water partition coefficient (Wildman–Crippen LogP) is 2.92. The number of rotatable bonds is 4. The molecule has 0 aliphatic carbocycles. The quantitative estimate of drug-likeness (QED) is 0.881. The van der Waals surface area contributed by atoms with Crippen molar-refractivity contribution in [2.75, 3.05) is 0 Å². The van der Waals surface area contributed by atoms with Gasteiger partial charge in [0.2, 0.25) is 0 Å². The number of carbonyl (C=O) groups is 2. The molecule has 1 fully saturated rings. The number of carbonyl (C=O) groups excluding carboxylic acids is 2. The van der Waals surface area contributed by atoms with Gasteiger partial charge in [0.05, 0.1) is 18.2 Å². The first-order chi connectivity index (χ1) is 11.6. The third kappa shape index (κ3) is 2.52. The van der Waals surface area contributed by atoms with Crippen molar-refractivity contribution in [3.05, 3.63) is 71.3 Å². The molecular weight excluding hydrogens is 302 g/mol. The summed E-state index contributed by atoms with van der Waals surface area (Å²) >= 11 is 0. The Morgan fingerprint density at radius 1 is 1.12 bits per heavy atom. The van der Waals surface area contributed by atoms with Crippen molar-refractivity contribution in [2.24, 2.45) is 0 Å². The van der Waals surface area contributed by atoms with E-state index in [1.807, 2.05) is 37.3 Å². The molecule has 1 aliphatic heterocycles. The van der Waals surface area contributed by atoms with E-state index in [2.05, 4.69) is 11.4 Å². The van der Waals surface area contributed by atoms with Crippen LogP contribution in [0.15, 0.2) is 54.6 Å². The Morgan fingerprint density at radius 3 is 2.54 bits per heavy atom. The van der Waals surface area contributed by atoms with Crippen LogP contribution in [-0.4, -0.2) is 16.8 Å². The maximum atomic E-state index is 13.0. The van der Waals surface area contributed by atoms with Crippen molar-refractivity contribution < 1.29 is 9.59 Å². The third-order valence-corrected chi connectivity index (χ3v) is 4.37. The van der Waals surface area contributed by atoms with E-state index in [4.69, 9.17) is 5.26 Å². The molecule has 24 heavy (non-hydrogen) atoms. The maximum Gasteiger partial charge on any atom is 0.325 e. The largest absolute Gasteiger partial charge is 0.325 e. The molecule has 0 saturated carbocycles. The topological polar surface area (TPSA) is 73.2 Å². The summed E-state index contributed by atoms with van der Waals surface area (Å²) in [7, 11) is 0. The summed E-state index contributed by atoms with van der Waals surface area (Å²) in [6.07, 6.45) is 0.469. The number of nitriles is 1. The number of nitrogens with one attached hydrogen (secondary N) is 1. The highest BCUT2D eigenvalue weighted by Crippen LogP contribution is 2.33. The van der Waals surface area contributed by atoms with Crippen LogP contribution >= 0.6 is 0 Å². The van der Waals surface area contributed by atoms with E-state index in [0.29, 0.717) is 12.0 Å². The summed E-state index contributed by atoms with van der Waals surface area (Å²) in [6.45, 7) is 2.03. The molecule has 1 atom stereocenters. The van der Waals surface area contributed by atoms with Gasteiger partial charge < -0.3 is 5.32 Å². The predicted molar refractivity (Wildman–Crippen MR) is 88.6 cm³/mol. The second-order valence-corrected chi connectivity index (χ2v) is 5.76. The van der Waals surface area contributed by atoms with Crippen LogP contribution in [0.5, 0.6) is 0 Å².